The molecule has 0 radical (unpaired) electrons. The van der Waals surface area contributed by atoms with Gasteiger partial charge in [-0.2, -0.15) is 0 Å². The van der Waals surface area contributed by atoms with E-state index in [1.165, 1.54) is 0 Å². The maximum absolute atomic E-state index is 11.3. The van der Waals surface area contributed by atoms with E-state index in [0.717, 1.165) is 6.42 Å². The zero-order chi connectivity index (χ0) is 12.1. The summed E-state index contributed by atoms with van der Waals surface area (Å²) in [6.45, 7) is 0.711. The first-order valence-corrected chi connectivity index (χ1v) is 4.97. The van der Waals surface area contributed by atoms with Gasteiger partial charge in [-0.1, -0.05) is 0 Å². The number of rotatable bonds is 4. The van der Waals surface area contributed by atoms with Crippen LogP contribution in [0.25, 0.3) is 0 Å². The Morgan fingerprint density at radius 3 is 2.69 bits per heavy atom. The second kappa shape index (κ2) is 5.57. The molecule has 0 aromatic carbocycles. The summed E-state index contributed by atoms with van der Waals surface area (Å²) in [5.41, 5.74) is 5.12. The first kappa shape index (κ1) is 12.6. The van der Waals surface area contributed by atoms with Crippen LogP contribution in [0.2, 0.25) is 0 Å². The van der Waals surface area contributed by atoms with Gasteiger partial charge in [0.1, 0.15) is 12.1 Å². The molecule has 90 valence electrons. The van der Waals surface area contributed by atoms with Gasteiger partial charge < -0.3 is 20.9 Å². The molecule has 2 atom stereocenters. The molecule has 1 saturated heterocycles. The maximum Gasteiger partial charge on any atom is 0.330 e. The molecule has 0 aromatic heterocycles. The molecule has 0 unspecified atom stereocenters. The van der Waals surface area contributed by atoms with Crippen molar-refractivity contribution < 1.29 is 24.2 Å². The van der Waals surface area contributed by atoms with E-state index in [2.05, 4.69) is 10.1 Å². The van der Waals surface area contributed by atoms with Gasteiger partial charge in [0.25, 0.3) is 0 Å². The van der Waals surface area contributed by atoms with E-state index in [0.29, 0.717) is 13.0 Å². The van der Waals surface area contributed by atoms with Gasteiger partial charge in [-0.15, -0.1) is 0 Å². The summed E-state index contributed by atoms with van der Waals surface area (Å²) < 4.78 is 4.47. The Hall–Kier alpha value is -1.47. The Labute approximate surface area is 91.9 Å². The summed E-state index contributed by atoms with van der Waals surface area (Å²) in [6, 6.07) is -1.80. The molecule has 7 heteroatoms. The summed E-state index contributed by atoms with van der Waals surface area (Å²) in [5, 5.41) is 11.3. The highest BCUT2D eigenvalue weighted by atomic mass is 16.6. The van der Waals surface area contributed by atoms with Crippen LogP contribution >= 0.6 is 0 Å². The van der Waals surface area contributed by atoms with Crippen LogP contribution in [0.4, 0.5) is 0 Å². The van der Waals surface area contributed by atoms with Crippen molar-refractivity contribution in [3.63, 3.8) is 0 Å². The smallest absolute Gasteiger partial charge is 0.330 e. The van der Waals surface area contributed by atoms with Gasteiger partial charge in [0.2, 0.25) is 0 Å². The lowest BCUT2D eigenvalue weighted by atomic mass is 10.2. The van der Waals surface area contributed by atoms with E-state index >= 15 is 0 Å². The van der Waals surface area contributed by atoms with Crippen molar-refractivity contribution in [2.75, 3.05) is 6.54 Å². The number of hydrogen-bond donors (Lipinski definition) is 3. The highest BCUT2D eigenvalue weighted by molar-refractivity contribution is 5.90. The molecule has 7 nitrogen and oxygen atoms in total. The average molecular weight is 230 g/mol. The number of nitrogens with one attached hydrogen (secondary N) is 1. The van der Waals surface area contributed by atoms with E-state index in [4.69, 9.17) is 10.8 Å². The average Bonchev–Trinajstić information content (AvgIpc) is 2.69. The zero-order valence-electron chi connectivity index (χ0n) is 8.64. The van der Waals surface area contributed by atoms with Crippen molar-refractivity contribution in [2.24, 2.45) is 5.73 Å². The third-order valence-electron chi connectivity index (χ3n) is 2.26. The van der Waals surface area contributed by atoms with E-state index in [-0.39, 0.29) is 0 Å². The lowest BCUT2D eigenvalue weighted by molar-refractivity contribution is -0.162. The number of nitrogens with two attached hydrogens (primary N) is 1. The summed E-state index contributed by atoms with van der Waals surface area (Å²) in [7, 11) is 0. The summed E-state index contributed by atoms with van der Waals surface area (Å²) in [5.74, 6) is -2.88. The van der Waals surface area contributed by atoms with Crippen LogP contribution in [0.1, 0.15) is 19.3 Å². The lowest BCUT2D eigenvalue weighted by Gasteiger charge is -2.09. The van der Waals surface area contributed by atoms with Crippen molar-refractivity contribution in [2.45, 2.75) is 31.3 Å². The number of aliphatic carboxylic acids is 1. The first-order chi connectivity index (χ1) is 7.50. The Kier molecular flexibility index (Phi) is 4.39. The summed E-state index contributed by atoms with van der Waals surface area (Å²) in [4.78, 5) is 32.8. The Morgan fingerprint density at radius 1 is 1.50 bits per heavy atom. The van der Waals surface area contributed by atoms with Crippen molar-refractivity contribution in [3.8, 4) is 0 Å². The molecular weight excluding hydrogens is 216 g/mol. The molecular formula is C9H14N2O5. The van der Waals surface area contributed by atoms with Crippen LogP contribution in [0, 0.1) is 0 Å². The molecule has 0 aliphatic carbocycles. The second-order valence-corrected chi connectivity index (χ2v) is 3.59. The van der Waals surface area contributed by atoms with Crippen molar-refractivity contribution in [1.82, 2.24) is 5.32 Å². The SMILES string of the molecule is N[C@@H](CC(=O)OC(=O)[C@@H]1CCCN1)C(=O)O. The van der Waals surface area contributed by atoms with E-state index in [1.807, 2.05) is 0 Å². The third-order valence-corrected chi connectivity index (χ3v) is 2.26. The number of carbonyl (C=O) groups is 3. The quantitative estimate of drug-likeness (QED) is 0.402. The third kappa shape index (κ3) is 3.59. The van der Waals surface area contributed by atoms with E-state index in [9.17, 15) is 14.4 Å². The topological polar surface area (TPSA) is 119 Å². The van der Waals surface area contributed by atoms with Crippen LogP contribution in [-0.2, 0) is 19.1 Å². The van der Waals surface area contributed by atoms with Gasteiger partial charge in [0.05, 0.1) is 6.42 Å². The molecule has 1 rings (SSSR count). The van der Waals surface area contributed by atoms with Crippen LogP contribution < -0.4 is 11.1 Å². The Morgan fingerprint density at radius 2 is 2.19 bits per heavy atom. The normalized spacial score (nSPS) is 21.4. The Bertz CT molecular complexity index is 298. The molecule has 4 N–H and O–H groups in total. The fourth-order valence-corrected chi connectivity index (χ4v) is 1.38. The molecule has 1 aliphatic heterocycles. The van der Waals surface area contributed by atoms with Crippen LogP contribution in [0.3, 0.4) is 0 Å². The fraction of sp³-hybridized carbons (Fsp3) is 0.667. The molecule has 0 bridgehead atoms. The summed E-state index contributed by atoms with van der Waals surface area (Å²) in [6.07, 6.45) is 0.966. The highest BCUT2D eigenvalue weighted by Gasteiger charge is 2.27. The van der Waals surface area contributed by atoms with Crippen LogP contribution in [-0.4, -0.2) is 41.6 Å². The number of carboxylic acids is 1. The number of esters is 2. The maximum atomic E-state index is 11.3. The van der Waals surface area contributed by atoms with Crippen molar-refractivity contribution in [3.05, 3.63) is 0 Å². The van der Waals surface area contributed by atoms with E-state index < -0.39 is 36.4 Å². The minimum atomic E-state index is -1.34. The molecule has 0 spiro atoms. The number of carboxylic acid groups (broad SMARTS) is 1. The monoisotopic (exact) mass is 230 g/mol. The standard InChI is InChI=1S/C9H14N2O5/c10-5(8(13)14)4-7(12)16-9(15)6-2-1-3-11-6/h5-6,11H,1-4,10H2,(H,13,14)/t5-,6-/m0/s1. The van der Waals surface area contributed by atoms with Crippen molar-refractivity contribution in [1.29, 1.82) is 0 Å². The zero-order valence-corrected chi connectivity index (χ0v) is 8.64. The van der Waals surface area contributed by atoms with Gasteiger partial charge in [-0.3, -0.25) is 9.59 Å². The van der Waals surface area contributed by atoms with Gasteiger partial charge in [0.15, 0.2) is 0 Å². The second-order valence-electron chi connectivity index (χ2n) is 3.59. The number of hydrogen-bond acceptors (Lipinski definition) is 6. The van der Waals surface area contributed by atoms with E-state index in [1.54, 1.807) is 0 Å². The minimum absolute atomic E-state index is 0.468. The van der Waals surface area contributed by atoms with Gasteiger partial charge in [-0.05, 0) is 19.4 Å². The summed E-state index contributed by atoms with van der Waals surface area (Å²) >= 11 is 0. The predicted octanol–water partition coefficient (Wildman–Crippen LogP) is -1.39. The minimum Gasteiger partial charge on any atom is -0.480 e. The van der Waals surface area contributed by atoms with Gasteiger partial charge in [0, 0.05) is 0 Å². The predicted molar refractivity (Wildman–Crippen MR) is 52.4 cm³/mol. The number of carbonyl (C=O) groups excluding carboxylic acids is 2. The van der Waals surface area contributed by atoms with Gasteiger partial charge >= 0.3 is 17.9 Å². The van der Waals surface area contributed by atoms with Gasteiger partial charge in [-0.25, -0.2) is 4.79 Å². The molecule has 1 fully saturated rings. The Balaban J connectivity index is 2.33. The number of ether oxygens (including phenoxy) is 1. The molecule has 0 saturated carbocycles. The molecule has 1 heterocycles. The first-order valence-electron chi connectivity index (χ1n) is 4.97. The fourth-order valence-electron chi connectivity index (χ4n) is 1.38. The molecule has 1 aliphatic rings. The van der Waals surface area contributed by atoms with Crippen molar-refractivity contribution >= 4 is 17.9 Å². The highest BCUT2D eigenvalue weighted by Crippen LogP contribution is 2.07. The van der Waals surface area contributed by atoms with Crippen LogP contribution in [0.15, 0.2) is 0 Å². The largest absolute Gasteiger partial charge is 0.480 e. The molecule has 0 aromatic rings. The van der Waals surface area contributed by atoms with Crippen LogP contribution in [0.5, 0.6) is 0 Å². The lowest BCUT2D eigenvalue weighted by Crippen LogP contribution is -2.37. The molecule has 16 heavy (non-hydrogen) atoms. The molecule has 0 amide bonds.